The van der Waals surface area contributed by atoms with Gasteiger partial charge in [-0.25, -0.2) is 10.2 Å². The van der Waals surface area contributed by atoms with Gasteiger partial charge in [-0.3, -0.25) is 4.79 Å². The SMILES string of the molecule is O=C(COc1ccc(Cl)cc1)NN=Cc1ccc(OC(=O)c2sc3ccccc3c2Cl)cc1. The largest absolute Gasteiger partial charge is 0.484 e. The highest BCUT2D eigenvalue weighted by Gasteiger charge is 2.18. The third-order valence-electron chi connectivity index (χ3n) is 4.40. The van der Waals surface area contributed by atoms with Crippen LogP contribution in [0.25, 0.3) is 10.1 Å². The summed E-state index contributed by atoms with van der Waals surface area (Å²) in [6, 6.07) is 20.9. The number of nitrogens with zero attached hydrogens (tertiary/aromatic N) is 1. The van der Waals surface area contributed by atoms with Crippen molar-refractivity contribution < 1.29 is 19.1 Å². The Morgan fingerprint density at radius 3 is 2.36 bits per heavy atom. The van der Waals surface area contributed by atoms with Crippen molar-refractivity contribution in [3.8, 4) is 11.5 Å². The monoisotopic (exact) mass is 498 g/mol. The highest BCUT2D eigenvalue weighted by atomic mass is 35.5. The van der Waals surface area contributed by atoms with Crippen molar-refractivity contribution in [2.24, 2.45) is 5.10 Å². The third kappa shape index (κ3) is 5.90. The topological polar surface area (TPSA) is 77.0 Å². The summed E-state index contributed by atoms with van der Waals surface area (Å²) in [4.78, 5) is 24.7. The molecule has 166 valence electrons. The van der Waals surface area contributed by atoms with Crippen molar-refractivity contribution in [3.05, 3.63) is 93.3 Å². The maximum absolute atomic E-state index is 12.5. The van der Waals surface area contributed by atoms with E-state index in [2.05, 4.69) is 10.5 Å². The second-order valence-corrected chi connectivity index (χ2v) is 8.60. The maximum Gasteiger partial charge on any atom is 0.355 e. The summed E-state index contributed by atoms with van der Waals surface area (Å²) in [6.07, 6.45) is 1.47. The number of halogens is 2. The molecule has 1 aromatic heterocycles. The van der Waals surface area contributed by atoms with Crippen molar-refractivity contribution in [2.45, 2.75) is 0 Å². The van der Waals surface area contributed by atoms with E-state index in [0.717, 1.165) is 10.1 Å². The molecule has 1 heterocycles. The van der Waals surface area contributed by atoms with E-state index in [4.69, 9.17) is 32.7 Å². The second-order valence-electron chi connectivity index (χ2n) is 6.74. The minimum Gasteiger partial charge on any atom is -0.484 e. The van der Waals surface area contributed by atoms with Gasteiger partial charge in [0.15, 0.2) is 6.61 Å². The molecule has 0 saturated carbocycles. The molecule has 0 aliphatic heterocycles. The molecule has 0 radical (unpaired) electrons. The lowest BCUT2D eigenvalue weighted by atomic mass is 10.2. The van der Waals surface area contributed by atoms with Crippen LogP contribution in [0.2, 0.25) is 10.0 Å². The number of amides is 1. The number of carbonyl (C=O) groups excluding carboxylic acids is 2. The molecule has 9 heteroatoms. The Hall–Kier alpha value is -3.39. The van der Waals surface area contributed by atoms with Gasteiger partial charge in [0.25, 0.3) is 5.91 Å². The third-order valence-corrected chi connectivity index (χ3v) is 6.30. The number of fused-ring (bicyclic) bond motifs is 1. The van der Waals surface area contributed by atoms with E-state index in [0.29, 0.717) is 32.0 Å². The van der Waals surface area contributed by atoms with Crippen molar-refractivity contribution in [1.29, 1.82) is 0 Å². The van der Waals surface area contributed by atoms with E-state index in [1.807, 2.05) is 24.3 Å². The molecule has 0 aliphatic carbocycles. The molecule has 0 bridgehead atoms. The minimum atomic E-state index is -0.518. The highest BCUT2D eigenvalue weighted by molar-refractivity contribution is 7.21. The average molecular weight is 499 g/mol. The van der Waals surface area contributed by atoms with Crippen LogP contribution in [0.1, 0.15) is 15.2 Å². The first-order valence-electron chi connectivity index (χ1n) is 9.69. The van der Waals surface area contributed by atoms with Gasteiger partial charge in [-0.1, -0.05) is 41.4 Å². The first kappa shape index (κ1) is 22.8. The zero-order chi connectivity index (χ0) is 23.2. The number of hydrazone groups is 1. The molecule has 0 unspecified atom stereocenters. The van der Waals surface area contributed by atoms with Crippen LogP contribution in [0.5, 0.6) is 11.5 Å². The number of hydrogen-bond acceptors (Lipinski definition) is 6. The van der Waals surface area contributed by atoms with Crippen LogP contribution >= 0.6 is 34.5 Å². The van der Waals surface area contributed by atoms with Gasteiger partial charge in [-0.15, -0.1) is 11.3 Å². The Balaban J connectivity index is 1.29. The molecule has 3 aromatic carbocycles. The number of hydrogen-bond donors (Lipinski definition) is 1. The molecule has 0 spiro atoms. The average Bonchev–Trinajstić information content (AvgIpc) is 3.17. The molecule has 1 N–H and O–H groups in total. The number of benzene rings is 3. The molecule has 4 aromatic rings. The Bertz CT molecular complexity index is 1320. The molecule has 4 rings (SSSR count). The van der Waals surface area contributed by atoms with Crippen LogP contribution in [0.3, 0.4) is 0 Å². The summed E-state index contributed by atoms with van der Waals surface area (Å²) in [6.45, 7) is -0.186. The molecule has 0 aliphatic rings. The predicted molar refractivity (Wildman–Crippen MR) is 131 cm³/mol. The van der Waals surface area contributed by atoms with E-state index in [1.54, 1.807) is 48.5 Å². The van der Waals surface area contributed by atoms with E-state index in [9.17, 15) is 9.59 Å². The normalized spacial score (nSPS) is 11.0. The van der Waals surface area contributed by atoms with Crippen LogP contribution in [0.15, 0.2) is 77.9 Å². The van der Waals surface area contributed by atoms with Gasteiger partial charge in [-0.05, 0) is 60.2 Å². The van der Waals surface area contributed by atoms with Crippen molar-refractivity contribution >= 4 is 62.7 Å². The van der Waals surface area contributed by atoms with Gasteiger partial charge in [0.05, 0.1) is 11.2 Å². The first-order chi connectivity index (χ1) is 16.0. The fourth-order valence-corrected chi connectivity index (χ4v) is 4.32. The van der Waals surface area contributed by atoms with Crippen molar-refractivity contribution in [2.75, 3.05) is 6.61 Å². The van der Waals surface area contributed by atoms with E-state index < -0.39 is 11.9 Å². The van der Waals surface area contributed by atoms with Gasteiger partial charge in [0.1, 0.15) is 16.4 Å². The number of rotatable bonds is 7. The number of carbonyl (C=O) groups is 2. The summed E-state index contributed by atoms with van der Waals surface area (Å²) < 4.78 is 11.7. The number of thiophene rings is 1. The number of ether oxygens (including phenoxy) is 2. The van der Waals surface area contributed by atoms with Gasteiger partial charge in [0.2, 0.25) is 0 Å². The second kappa shape index (κ2) is 10.5. The fourth-order valence-electron chi connectivity index (χ4n) is 2.81. The van der Waals surface area contributed by atoms with Crippen molar-refractivity contribution in [1.82, 2.24) is 5.43 Å². The smallest absolute Gasteiger partial charge is 0.355 e. The summed E-state index contributed by atoms with van der Waals surface area (Å²) in [5.41, 5.74) is 3.08. The van der Waals surface area contributed by atoms with Crippen molar-refractivity contribution in [3.63, 3.8) is 0 Å². The van der Waals surface area contributed by atoms with Gasteiger partial charge < -0.3 is 9.47 Å². The first-order valence-corrected chi connectivity index (χ1v) is 11.3. The van der Waals surface area contributed by atoms with Crippen LogP contribution in [-0.4, -0.2) is 24.7 Å². The summed E-state index contributed by atoms with van der Waals surface area (Å²) in [5, 5.41) is 5.69. The Morgan fingerprint density at radius 2 is 1.64 bits per heavy atom. The van der Waals surface area contributed by atoms with Crippen LogP contribution in [0.4, 0.5) is 0 Å². The van der Waals surface area contributed by atoms with E-state index >= 15 is 0 Å². The van der Waals surface area contributed by atoms with E-state index in [-0.39, 0.29) is 6.61 Å². The molecular weight excluding hydrogens is 483 g/mol. The van der Waals surface area contributed by atoms with E-state index in [1.165, 1.54) is 17.6 Å². The molecule has 1 amide bonds. The lowest BCUT2D eigenvalue weighted by Crippen LogP contribution is -2.24. The van der Waals surface area contributed by atoms with Crippen LogP contribution in [0, 0.1) is 0 Å². The molecule has 0 atom stereocenters. The Labute approximate surface area is 203 Å². The number of esters is 1. The van der Waals surface area contributed by atoms with Crippen LogP contribution in [-0.2, 0) is 4.79 Å². The van der Waals surface area contributed by atoms with Gasteiger partial charge in [-0.2, -0.15) is 5.10 Å². The summed E-state index contributed by atoms with van der Waals surface area (Å²) in [7, 11) is 0. The standard InChI is InChI=1S/C24H16Cl2N2O4S/c25-16-7-11-17(12-8-16)31-14-21(29)28-27-13-15-5-9-18(10-6-15)32-24(30)23-22(26)19-3-1-2-4-20(19)33-23/h1-13H,14H2,(H,28,29). The number of nitrogens with one attached hydrogen (secondary N) is 1. The molecule has 6 nitrogen and oxygen atoms in total. The van der Waals surface area contributed by atoms with Gasteiger partial charge in [0, 0.05) is 15.1 Å². The quantitative estimate of drug-likeness (QED) is 0.147. The van der Waals surface area contributed by atoms with Crippen LogP contribution < -0.4 is 14.9 Å². The zero-order valence-corrected chi connectivity index (χ0v) is 19.3. The maximum atomic E-state index is 12.5. The lowest BCUT2D eigenvalue weighted by Gasteiger charge is -2.05. The molecule has 0 fully saturated rings. The minimum absolute atomic E-state index is 0.186. The molecular formula is C24H16Cl2N2O4S. The van der Waals surface area contributed by atoms with Gasteiger partial charge >= 0.3 is 5.97 Å². The highest BCUT2D eigenvalue weighted by Crippen LogP contribution is 2.35. The molecule has 0 saturated heterocycles. The fraction of sp³-hybridized carbons (Fsp3) is 0.0417. The Morgan fingerprint density at radius 1 is 0.939 bits per heavy atom. The predicted octanol–water partition coefficient (Wildman–Crippen LogP) is 5.96. The molecule has 33 heavy (non-hydrogen) atoms. The lowest BCUT2D eigenvalue weighted by molar-refractivity contribution is -0.123. The summed E-state index contributed by atoms with van der Waals surface area (Å²) >= 11 is 13.4. The summed E-state index contributed by atoms with van der Waals surface area (Å²) in [5.74, 6) is -0.0331. The zero-order valence-electron chi connectivity index (χ0n) is 17.0. The Kier molecular flexibility index (Phi) is 7.24.